The summed E-state index contributed by atoms with van der Waals surface area (Å²) in [6, 6.07) is 0. The van der Waals surface area contributed by atoms with Crippen LogP contribution in [-0.4, -0.2) is 34.2 Å². The van der Waals surface area contributed by atoms with Crippen molar-refractivity contribution in [1.29, 1.82) is 0 Å². The van der Waals surface area contributed by atoms with Crippen LogP contribution < -0.4 is 0 Å². The normalized spacial score (nSPS) is 46.4. The number of esters is 1. The fraction of sp³-hybridized carbons (Fsp3) is 0.857. The average Bonchev–Trinajstić information content (AvgIpc) is 3.33. The summed E-state index contributed by atoms with van der Waals surface area (Å²) in [6.07, 6.45) is 8.21. The first-order chi connectivity index (χ1) is 18.8. The first kappa shape index (κ1) is 30.6. The molecule has 41 heavy (non-hydrogen) atoms. The molecule has 0 radical (unpaired) electrons. The van der Waals surface area contributed by atoms with Gasteiger partial charge in [-0.2, -0.15) is 0 Å². The van der Waals surface area contributed by atoms with Crippen LogP contribution in [0.25, 0.3) is 0 Å². The molecule has 10 atom stereocenters. The molecular formula is C35H54O6. The number of carboxylic acids is 2. The lowest BCUT2D eigenvalue weighted by molar-refractivity contribution is -0.221. The smallest absolute Gasteiger partial charge is 0.309 e. The van der Waals surface area contributed by atoms with Crippen molar-refractivity contribution >= 4 is 17.9 Å². The van der Waals surface area contributed by atoms with Gasteiger partial charge in [-0.15, -0.1) is 0 Å². The Labute approximate surface area is 247 Å². The second-order valence-electron chi connectivity index (χ2n) is 17.0. The SMILES string of the molecule is C=C(C)C1CC[C@]2(C(=O)O)CC[C@]3(C)C(CC[C@@H]4[C@@]5(C)C[C@H](OC(=O)CC(C)(C)C(=O)O)C(C)(C)[C@@H]5CC[C@]43C)C12. The molecule has 230 valence electrons. The monoisotopic (exact) mass is 570 g/mol. The third kappa shape index (κ3) is 4.04. The summed E-state index contributed by atoms with van der Waals surface area (Å²) < 4.78 is 6.17. The third-order valence-electron chi connectivity index (χ3n) is 14.6. The highest BCUT2D eigenvalue weighted by Crippen LogP contribution is 2.78. The summed E-state index contributed by atoms with van der Waals surface area (Å²) in [5, 5.41) is 20.1. The average molecular weight is 571 g/mol. The summed E-state index contributed by atoms with van der Waals surface area (Å²) >= 11 is 0. The fourth-order valence-corrected chi connectivity index (χ4v) is 12.1. The van der Waals surface area contributed by atoms with Crippen molar-refractivity contribution in [2.75, 3.05) is 0 Å². The van der Waals surface area contributed by atoms with Gasteiger partial charge < -0.3 is 14.9 Å². The number of hydrogen-bond donors (Lipinski definition) is 2. The highest BCUT2D eigenvalue weighted by molar-refractivity contribution is 5.81. The van der Waals surface area contributed by atoms with Crippen LogP contribution in [0.2, 0.25) is 0 Å². The molecule has 0 aromatic rings. The van der Waals surface area contributed by atoms with Gasteiger partial charge >= 0.3 is 17.9 Å². The topological polar surface area (TPSA) is 101 Å². The van der Waals surface area contributed by atoms with E-state index < -0.39 is 28.7 Å². The van der Waals surface area contributed by atoms with Crippen molar-refractivity contribution in [1.82, 2.24) is 0 Å². The molecule has 0 saturated heterocycles. The van der Waals surface area contributed by atoms with E-state index >= 15 is 0 Å². The Morgan fingerprint density at radius 3 is 2.12 bits per heavy atom. The third-order valence-corrected chi connectivity index (χ3v) is 14.6. The number of allylic oxidation sites excluding steroid dienone is 1. The molecular weight excluding hydrogens is 516 g/mol. The molecule has 5 fully saturated rings. The lowest BCUT2D eigenvalue weighted by atomic mass is 9.34. The number of carbonyl (C=O) groups excluding carboxylic acids is 1. The minimum Gasteiger partial charge on any atom is -0.481 e. The Balaban J connectivity index is 1.46. The van der Waals surface area contributed by atoms with Crippen molar-refractivity contribution in [2.24, 2.45) is 62.1 Å². The Morgan fingerprint density at radius 1 is 0.878 bits per heavy atom. The number of carbonyl (C=O) groups is 3. The second kappa shape index (κ2) is 9.32. The van der Waals surface area contributed by atoms with E-state index in [4.69, 9.17) is 4.74 Å². The predicted molar refractivity (Wildman–Crippen MR) is 158 cm³/mol. The van der Waals surface area contributed by atoms with E-state index in [1.165, 1.54) is 0 Å². The number of carboxylic acid groups (broad SMARTS) is 2. The van der Waals surface area contributed by atoms with Gasteiger partial charge in [0.2, 0.25) is 0 Å². The van der Waals surface area contributed by atoms with Crippen LogP contribution in [0.1, 0.15) is 120 Å². The summed E-state index contributed by atoms with van der Waals surface area (Å²) in [4.78, 5) is 37.6. The molecule has 5 aliphatic carbocycles. The predicted octanol–water partition coefficient (Wildman–Crippen LogP) is 7.75. The number of fused-ring (bicyclic) bond motifs is 7. The van der Waals surface area contributed by atoms with Gasteiger partial charge in [0.05, 0.1) is 17.3 Å². The van der Waals surface area contributed by atoms with Gasteiger partial charge in [-0.1, -0.05) is 46.8 Å². The molecule has 0 amide bonds. The van der Waals surface area contributed by atoms with Gasteiger partial charge in [0, 0.05) is 5.41 Å². The number of aliphatic carboxylic acids is 2. The Hall–Kier alpha value is -1.85. The van der Waals surface area contributed by atoms with E-state index in [1.54, 1.807) is 13.8 Å². The molecule has 0 aliphatic heterocycles. The van der Waals surface area contributed by atoms with Gasteiger partial charge in [-0.25, -0.2) is 0 Å². The maximum absolute atomic E-state index is 13.0. The van der Waals surface area contributed by atoms with Gasteiger partial charge in [0.25, 0.3) is 0 Å². The van der Waals surface area contributed by atoms with Crippen LogP contribution in [0.4, 0.5) is 0 Å². The maximum Gasteiger partial charge on any atom is 0.309 e. The summed E-state index contributed by atoms with van der Waals surface area (Å²) in [5.74, 6) is -0.301. The molecule has 5 rings (SSSR count). The van der Waals surface area contributed by atoms with Gasteiger partial charge in [-0.3, -0.25) is 14.4 Å². The van der Waals surface area contributed by atoms with Crippen LogP contribution in [-0.2, 0) is 19.1 Å². The van der Waals surface area contributed by atoms with Crippen LogP contribution in [0, 0.1) is 62.1 Å². The zero-order chi connectivity index (χ0) is 30.6. The van der Waals surface area contributed by atoms with Crippen molar-refractivity contribution < 1.29 is 29.3 Å². The van der Waals surface area contributed by atoms with E-state index in [-0.39, 0.29) is 46.0 Å². The van der Waals surface area contributed by atoms with Crippen molar-refractivity contribution in [3.63, 3.8) is 0 Å². The molecule has 2 N–H and O–H groups in total. The van der Waals surface area contributed by atoms with Crippen LogP contribution in [0.15, 0.2) is 12.2 Å². The van der Waals surface area contributed by atoms with E-state index in [0.717, 1.165) is 63.4 Å². The molecule has 0 aromatic heterocycles. The van der Waals surface area contributed by atoms with Crippen LogP contribution in [0.5, 0.6) is 0 Å². The van der Waals surface area contributed by atoms with Gasteiger partial charge in [0.15, 0.2) is 0 Å². The Kier molecular flexibility index (Phi) is 6.96. The van der Waals surface area contributed by atoms with Crippen molar-refractivity contribution in [3.05, 3.63) is 12.2 Å². The molecule has 5 saturated carbocycles. The zero-order valence-corrected chi connectivity index (χ0v) is 26.8. The second-order valence-corrected chi connectivity index (χ2v) is 17.0. The van der Waals surface area contributed by atoms with Crippen LogP contribution in [0.3, 0.4) is 0 Å². The molecule has 6 heteroatoms. The molecule has 0 bridgehead atoms. The standard InChI is InChI=1S/C35H54O6/c1-20(2)21-12-15-35(29(39)40)17-16-33(8)22(27(21)35)10-11-24-32(7)18-25(41-26(36)19-30(3,4)28(37)38)31(5,6)23(32)13-14-34(24,33)9/h21-25,27H,1,10-19H2,2-9H3,(H,37,38)(H,39,40)/t21?,22?,23-,24+,25-,27?,32-,33+,34+,35-/m0/s1. The lowest BCUT2D eigenvalue weighted by Gasteiger charge is -2.70. The number of ether oxygens (including phenoxy) is 1. The quantitative estimate of drug-likeness (QED) is 0.250. The molecule has 0 heterocycles. The minimum atomic E-state index is -1.16. The Bertz CT molecular complexity index is 1150. The summed E-state index contributed by atoms with van der Waals surface area (Å²) in [5.41, 5.74) is -0.684. The fourth-order valence-electron chi connectivity index (χ4n) is 12.1. The molecule has 0 spiro atoms. The molecule has 0 aromatic carbocycles. The highest BCUT2D eigenvalue weighted by atomic mass is 16.5. The van der Waals surface area contributed by atoms with E-state index in [9.17, 15) is 24.6 Å². The summed E-state index contributed by atoms with van der Waals surface area (Å²) in [7, 11) is 0. The van der Waals surface area contributed by atoms with Crippen LogP contribution >= 0.6 is 0 Å². The minimum absolute atomic E-state index is 0.00249. The van der Waals surface area contributed by atoms with E-state index in [0.29, 0.717) is 17.8 Å². The lowest BCUT2D eigenvalue weighted by Crippen LogP contribution is -2.64. The van der Waals surface area contributed by atoms with Crippen molar-refractivity contribution in [3.8, 4) is 0 Å². The Morgan fingerprint density at radius 2 is 1.54 bits per heavy atom. The van der Waals surface area contributed by atoms with Gasteiger partial charge in [-0.05, 0) is 124 Å². The van der Waals surface area contributed by atoms with E-state index in [2.05, 4.69) is 48.1 Å². The first-order valence-corrected chi connectivity index (χ1v) is 16.1. The number of rotatable bonds is 6. The number of hydrogen-bond acceptors (Lipinski definition) is 4. The highest BCUT2D eigenvalue weighted by Gasteiger charge is 2.73. The first-order valence-electron chi connectivity index (χ1n) is 16.1. The zero-order valence-electron chi connectivity index (χ0n) is 26.8. The molecule has 3 unspecified atom stereocenters. The molecule has 5 aliphatic rings. The maximum atomic E-state index is 13.0. The van der Waals surface area contributed by atoms with Gasteiger partial charge in [0.1, 0.15) is 6.10 Å². The summed E-state index contributed by atoms with van der Waals surface area (Å²) in [6.45, 7) is 21.6. The largest absolute Gasteiger partial charge is 0.481 e. The van der Waals surface area contributed by atoms with Crippen molar-refractivity contribution in [2.45, 2.75) is 126 Å². The van der Waals surface area contributed by atoms with E-state index in [1.807, 2.05) is 0 Å². The molecule has 6 nitrogen and oxygen atoms in total.